The van der Waals surface area contributed by atoms with Gasteiger partial charge in [0.1, 0.15) is 11.6 Å². The number of likely N-dealkylation sites (N-methyl/N-ethyl adjacent to an activating group) is 1. The van der Waals surface area contributed by atoms with Gasteiger partial charge in [0.05, 0.1) is 6.10 Å². The number of aliphatic hydroxyl groups excluding tert-OH is 1. The van der Waals surface area contributed by atoms with E-state index in [2.05, 4.69) is 0 Å². The lowest BCUT2D eigenvalue weighted by Gasteiger charge is -2.18. The van der Waals surface area contributed by atoms with E-state index in [9.17, 15) is 8.78 Å². The van der Waals surface area contributed by atoms with Crippen molar-refractivity contribution in [2.45, 2.75) is 19.6 Å². The van der Waals surface area contributed by atoms with Crippen LogP contribution in [0, 0.1) is 11.6 Å². The Kier molecular flexibility index (Phi) is 4.17. The van der Waals surface area contributed by atoms with Crippen LogP contribution in [0.1, 0.15) is 12.5 Å². The summed E-state index contributed by atoms with van der Waals surface area (Å²) in [5.74, 6) is -0.870. The molecule has 0 fully saturated rings. The number of halogens is 2. The highest BCUT2D eigenvalue weighted by molar-refractivity contribution is 5.18. The molecule has 0 heterocycles. The standard InChI is InChI=1S/C11H15F2NO/c1-8(15)6-14(2)7-9-5-10(12)3-4-11(9)13/h3-5,8,15H,6-7H2,1-2H3. The summed E-state index contributed by atoms with van der Waals surface area (Å²) in [4.78, 5) is 1.74. The first-order chi connectivity index (χ1) is 6.99. The van der Waals surface area contributed by atoms with E-state index >= 15 is 0 Å². The molecular weight excluding hydrogens is 200 g/mol. The van der Waals surface area contributed by atoms with E-state index in [0.717, 1.165) is 12.1 Å². The largest absolute Gasteiger partial charge is 0.392 e. The van der Waals surface area contributed by atoms with Crippen molar-refractivity contribution >= 4 is 0 Å². The van der Waals surface area contributed by atoms with E-state index < -0.39 is 17.7 Å². The van der Waals surface area contributed by atoms with Gasteiger partial charge in [-0.1, -0.05) is 0 Å². The van der Waals surface area contributed by atoms with Gasteiger partial charge in [-0.15, -0.1) is 0 Å². The molecule has 0 aliphatic rings. The van der Waals surface area contributed by atoms with Crippen LogP contribution in [0.5, 0.6) is 0 Å². The molecular formula is C11H15F2NO. The van der Waals surface area contributed by atoms with E-state index in [0.29, 0.717) is 12.1 Å². The van der Waals surface area contributed by atoms with Crippen molar-refractivity contribution in [2.75, 3.05) is 13.6 Å². The molecule has 0 amide bonds. The molecule has 0 aliphatic heterocycles. The summed E-state index contributed by atoms with van der Waals surface area (Å²) in [6, 6.07) is 3.38. The number of rotatable bonds is 4. The molecule has 0 bridgehead atoms. The summed E-state index contributed by atoms with van der Waals surface area (Å²) in [6.45, 7) is 2.36. The van der Waals surface area contributed by atoms with Gasteiger partial charge in [0.15, 0.2) is 0 Å². The molecule has 0 saturated carbocycles. The van der Waals surface area contributed by atoms with Crippen LogP contribution in [0.4, 0.5) is 8.78 Å². The maximum absolute atomic E-state index is 13.2. The van der Waals surface area contributed by atoms with Crippen molar-refractivity contribution < 1.29 is 13.9 Å². The Morgan fingerprint density at radius 2 is 2.07 bits per heavy atom. The Labute approximate surface area is 88.1 Å². The van der Waals surface area contributed by atoms with E-state index in [1.807, 2.05) is 0 Å². The second-order valence-corrected chi connectivity index (χ2v) is 3.78. The van der Waals surface area contributed by atoms with Crippen LogP contribution in [0.25, 0.3) is 0 Å². The Balaban J connectivity index is 2.67. The molecule has 0 aromatic heterocycles. The minimum atomic E-state index is -0.480. The molecule has 15 heavy (non-hydrogen) atoms. The monoisotopic (exact) mass is 215 g/mol. The van der Waals surface area contributed by atoms with Crippen LogP contribution in [-0.4, -0.2) is 29.7 Å². The first kappa shape index (κ1) is 12.1. The third-order valence-electron chi connectivity index (χ3n) is 2.02. The summed E-state index contributed by atoms with van der Waals surface area (Å²) in [5, 5.41) is 9.12. The normalized spacial score (nSPS) is 13.2. The molecule has 0 radical (unpaired) electrons. The predicted octanol–water partition coefficient (Wildman–Crippen LogP) is 1.78. The number of nitrogens with zero attached hydrogens (tertiary/aromatic N) is 1. The maximum atomic E-state index is 13.2. The van der Waals surface area contributed by atoms with E-state index in [-0.39, 0.29) is 6.54 Å². The summed E-state index contributed by atoms with van der Waals surface area (Å²) < 4.78 is 26.0. The molecule has 0 aliphatic carbocycles. The molecule has 1 N–H and O–H groups in total. The first-order valence-corrected chi connectivity index (χ1v) is 4.79. The van der Waals surface area contributed by atoms with Crippen LogP contribution in [0.3, 0.4) is 0 Å². The molecule has 1 rings (SSSR count). The van der Waals surface area contributed by atoms with Crippen LogP contribution < -0.4 is 0 Å². The second kappa shape index (κ2) is 5.19. The van der Waals surface area contributed by atoms with Gasteiger partial charge in [-0.25, -0.2) is 8.78 Å². The zero-order valence-corrected chi connectivity index (χ0v) is 8.87. The zero-order valence-electron chi connectivity index (χ0n) is 8.87. The number of hydrogen-bond donors (Lipinski definition) is 1. The fraction of sp³-hybridized carbons (Fsp3) is 0.455. The topological polar surface area (TPSA) is 23.5 Å². The van der Waals surface area contributed by atoms with E-state index in [1.165, 1.54) is 6.07 Å². The first-order valence-electron chi connectivity index (χ1n) is 4.79. The van der Waals surface area contributed by atoms with Crippen LogP contribution in [0.2, 0.25) is 0 Å². The molecule has 1 unspecified atom stereocenters. The molecule has 84 valence electrons. The lowest BCUT2D eigenvalue weighted by Crippen LogP contribution is -2.27. The summed E-state index contributed by atoms with van der Waals surface area (Å²) in [6.07, 6.45) is -0.480. The molecule has 2 nitrogen and oxygen atoms in total. The average Bonchev–Trinajstić information content (AvgIpc) is 2.10. The SMILES string of the molecule is CC(O)CN(C)Cc1cc(F)ccc1F. The highest BCUT2D eigenvalue weighted by Crippen LogP contribution is 2.11. The average molecular weight is 215 g/mol. The summed E-state index contributed by atoms with van der Waals surface area (Å²) >= 11 is 0. The highest BCUT2D eigenvalue weighted by Gasteiger charge is 2.08. The Hall–Kier alpha value is -1.00. The third kappa shape index (κ3) is 3.93. The lowest BCUT2D eigenvalue weighted by molar-refractivity contribution is 0.137. The maximum Gasteiger partial charge on any atom is 0.127 e. The lowest BCUT2D eigenvalue weighted by atomic mass is 10.2. The molecule has 1 atom stereocenters. The predicted molar refractivity (Wildman–Crippen MR) is 54.4 cm³/mol. The summed E-state index contributed by atoms with van der Waals surface area (Å²) in [5.41, 5.74) is 0.304. The van der Waals surface area contributed by atoms with Crippen LogP contribution in [-0.2, 0) is 6.54 Å². The zero-order chi connectivity index (χ0) is 11.4. The van der Waals surface area contributed by atoms with Crippen LogP contribution >= 0.6 is 0 Å². The molecule has 0 saturated heterocycles. The van der Waals surface area contributed by atoms with E-state index in [1.54, 1.807) is 18.9 Å². The quantitative estimate of drug-likeness (QED) is 0.827. The minimum Gasteiger partial charge on any atom is -0.392 e. The van der Waals surface area contributed by atoms with Crippen LogP contribution in [0.15, 0.2) is 18.2 Å². The Morgan fingerprint density at radius 1 is 1.40 bits per heavy atom. The smallest absolute Gasteiger partial charge is 0.127 e. The highest BCUT2D eigenvalue weighted by atomic mass is 19.1. The van der Waals surface area contributed by atoms with Gasteiger partial charge in [0, 0.05) is 18.7 Å². The van der Waals surface area contributed by atoms with Gasteiger partial charge in [-0.3, -0.25) is 4.90 Å². The minimum absolute atomic E-state index is 0.286. The van der Waals surface area contributed by atoms with E-state index in [4.69, 9.17) is 5.11 Å². The second-order valence-electron chi connectivity index (χ2n) is 3.78. The van der Waals surface area contributed by atoms with Crippen molar-refractivity contribution in [3.63, 3.8) is 0 Å². The van der Waals surface area contributed by atoms with Gasteiger partial charge in [-0.05, 0) is 32.2 Å². The molecule has 1 aromatic rings. The number of hydrogen-bond acceptors (Lipinski definition) is 2. The van der Waals surface area contributed by atoms with Crippen molar-refractivity contribution in [3.05, 3.63) is 35.4 Å². The Bertz CT molecular complexity index is 328. The van der Waals surface area contributed by atoms with Gasteiger partial charge in [0.25, 0.3) is 0 Å². The summed E-state index contributed by atoms with van der Waals surface area (Å²) in [7, 11) is 1.75. The molecule has 1 aromatic carbocycles. The third-order valence-corrected chi connectivity index (χ3v) is 2.02. The van der Waals surface area contributed by atoms with Crippen molar-refractivity contribution in [3.8, 4) is 0 Å². The van der Waals surface area contributed by atoms with Crippen molar-refractivity contribution in [2.24, 2.45) is 0 Å². The molecule has 0 spiro atoms. The van der Waals surface area contributed by atoms with Gasteiger partial charge in [0.2, 0.25) is 0 Å². The van der Waals surface area contributed by atoms with Gasteiger partial charge < -0.3 is 5.11 Å². The molecule has 4 heteroatoms. The Morgan fingerprint density at radius 3 is 2.67 bits per heavy atom. The van der Waals surface area contributed by atoms with Crippen molar-refractivity contribution in [1.29, 1.82) is 0 Å². The van der Waals surface area contributed by atoms with Gasteiger partial charge >= 0.3 is 0 Å². The van der Waals surface area contributed by atoms with Gasteiger partial charge in [-0.2, -0.15) is 0 Å². The number of aliphatic hydroxyl groups is 1. The number of benzene rings is 1. The fourth-order valence-electron chi connectivity index (χ4n) is 1.47. The van der Waals surface area contributed by atoms with Crippen molar-refractivity contribution in [1.82, 2.24) is 4.90 Å². The fourth-order valence-corrected chi connectivity index (χ4v) is 1.47.